The molecule has 0 aliphatic heterocycles. The number of rotatable bonds is 13. The van der Waals surface area contributed by atoms with Gasteiger partial charge in [-0.1, -0.05) is 48.3 Å². The van der Waals surface area contributed by atoms with E-state index in [-0.39, 0.29) is 29.1 Å². The standard InChI is InChI=1S/C30H35Cl2N3O5S/c1-5-21(3)33-30(37)22(4)34(19-23-9-7-8-10-28(23)32)29(36)20-35(25-13-15-26(16-14-25)40-6-2)41(38,39)27-17-11-24(31)12-18-27/h7-18,21-22H,5-6,19-20H2,1-4H3,(H,33,37)/t21-,22-/m0/s1. The molecule has 8 nitrogen and oxygen atoms in total. The Kier molecular flexibility index (Phi) is 11.5. The molecule has 2 atom stereocenters. The number of benzene rings is 3. The van der Waals surface area contributed by atoms with Crippen LogP contribution in [0.25, 0.3) is 0 Å². The van der Waals surface area contributed by atoms with E-state index in [2.05, 4.69) is 5.32 Å². The van der Waals surface area contributed by atoms with E-state index in [0.717, 1.165) is 4.31 Å². The quantitative estimate of drug-likeness (QED) is 0.256. The van der Waals surface area contributed by atoms with E-state index in [9.17, 15) is 18.0 Å². The van der Waals surface area contributed by atoms with Gasteiger partial charge in [0, 0.05) is 22.6 Å². The van der Waals surface area contributed by atoms with Gasteiger partial charge in [-0.15, -0.1) is 0 Å². The minimum atomic E-state index is -4.21. The van der Waals surface area contributed by atoms with E-state index in [4.69, 9.17) is 27.9 Å². The van der Waals surface area contributed by atoms with Crippen molar-refractivity contribution in [2.75, 3.05) is 17.5 Å². The lowest BCUT2D eigenvalue weighted by Gasteiger charge is -2.32. The lowest BCUT2D eigenvalue weighted by molar-refractivity contribution is -0.139. The summed E-state index contributed by atoms with van der Waals surface area (Å²) < 4.78 is 34.3. The monoisotopic (exact) mass is 619 g/mol. The first-order valence-electron chi connectivity index (χ1n) is 13.3. The van der Waals surface area contributed by atoms with Crippen molar-refractivity contribution >= 4 is 50.7 Å². The molecular formula is C30H35Cl2N3O5S. The van der Waals surface area contributed by atoms with Gasteiger partial charge < -0.3 is 15.0 Å². The second kappa shape index (κ2) is 14.6. The number of hydrogen-bond acceptors (Lipinski definition) is 5. The molecule has 3 aromatic rings. The van der Waals surface area contributed by atoms with Gasteiger partial charge in [-0.05, 0) is 87.4 Å². The smallest absolute Gasteiger partial charge is 0.264 e. The molecule has 41 heavy (non-hydrogen) atoms. The minimum absolute atomic E-state index is 0.00566. The van der Waals surface area contributed by atoms with Gasteiger partial charge in [0.05, 0.1) is 17.2 Å². The number of hydrogen-bond donors (Lipinski definition) is 1. The Morgan fingerprint density at radius 2 is 1.56 bits per heavy atom. The molecule has 11 heteroatoms. The molecular weight excluding hydrogens is 585 g/mol. The van der Waals surface area contributed by atoms with Crippen molar-refractivity contribution in [2.45, 2.75) is 57.6 Å². The number of nitrogens with zero attached hydrogens (tertiary/aromatic N) is 2. The fourth-order valence-electron chi connectivity index (χ4n) is 4.00. The molecule has 0 radical (unpaired) electrons. The predicted octanol–water partition coefficient (Wildman–Crippen LogP) is 5.92. The fourth-order valence-corrected chi connectivity index (χ4v) is 5.73. The summed E-state index contributed by atoms with van der Waals surface area (Å²) in [4.78, 5) is 28.4. The van der Waals surface area contributed by atoms with Gasteiger partial charge >= 0.3 is 0 Å². The van der Waals surface area contributed by atoms with Crippen molar-refractivity contribution in [2.24, 2.45) is 0 Å². The first-order valence-corrected chi connectivity index (χ1v) is 15.5. The Bertz CT molecular complexity index is 1430. The largest absolute Gasteiger partial charge is 0.494 e. The molecule has 1 N–H and O–H groups in total. The summed E-state index contributed by atoms with van der Waals surface area (Å²) in [5.41, 5.74) is 0.880. The Balaban J connectivity index is 2.04. The number of amides is 2. The second-order valence-electron chi connectivity index (χ2n) is 9.50. The predicted molar refractivity (Wildman–Crippen MR) is 163 cm³/mol. The Morgan fingerprint density at radius 3 is 2.15 bits per heavy atom. The highest BCUT2D eigenvalue weighted by Gasteiger charge is 2.33. The molecule has 0 saturated carbocycles. The van der Waals surface area contributed by atoms with Gasteiger partial charge in [0.1, 0.15) is 18.3 Å². The van der Waals surface area contributed by atoms with Crippen LogP contribution < -0.4 is 14.4 Å². The fraction of sp³-hybridized carbons (Fsp3) is 0.333. The third kappa shape index (κ3) is 8.38. The number of anilines is 1. The summed E-state index contributed by atoms with van der Waals surface area (Å²) in [6.07, 6.45) is 0.710. The van der Waals surface area contributed by atoms with Crippen molar-refractivity contribution in [1.29, 1.82) is 0 Å². The molecule has 0 aliphatic carbocycles. The summed E-state index contributed by atoms with van der Waals surface area (Å²) in [7, 11) is -4.21. The molecule has 0 saturated heterocycles. The highest BCUT2D eigenvalue weighted by atomic mass is 35.5. The number of halogens is 2. The Hall–Kier alpha value is -3.27. The van der Waals surface area contributed by atoms with Gasteiger partial charge in [0.25, 0.3) is 10.0 Å². The molecule has 0 spiro atoms. The van der Waals surface area contributed by atoms with Crippen LogP contribution in [0.2, 0.25) is 10.0 Å². The summed E-state index contributed by atoms with van der Waals surface area (Å²) >= 11 is 12.4. The number of nitrogens with one attached hydrogen (secondary N) is 1. The molecule has 0 aliphatic rings. The van der Waals surface area contributed by atoms with E-state index in [1.165, 1.54) is 29.2 Å². The van der Waals surface area contributed by atoms with E-state index in [0.29, 0.717) is 34.4 Å². The molecule has 0 unspecified atom stereocenters. The minimum Gasteiger partial charge on any atom is -0.494 e. The van der Waals surface area contributed by atoms with Crippen LogP contribution in [-0.4, -0.2) is 50.4 Å². The zero-order valence-corrected chi connectivity index (χ0v) is 25.8. The molecule has 0 aromatic heterocycles. The average molecular weight is 621 g/mol. The van der Waals surface area contributed by atoms with Crippen LogP contribution in [-0.2, 0) is 26.2 Å². The van der Waals surface area contributed by atoms with Crippen LogP contribution in [0.1, 0.15) is 39.7 Å². The van der Waals surface area contributed by atoms with Crippen LogP contribution in [0, 0.1) is 0 Å². The number of ether oxygens (including phenoxy) is 1. The maximum Gasteiger partial charge on any atom is 0.264 e. The van der Waals surface area contributed by atoms with Gasteiger partial charge in [0.2, 0.25) is 11.8 Å². The summed E-state index contributed by atoms with van der Waals surface area (Å²) in [5.74, 6) is -0.377. The maximum atomic E-state index is 14.0. The van der Waals surface area contributed by atoms with Gasteiger partial charge in [-0.3, -0.25) is 13.9 Å². The van der Waals surface area contributed by atoms with Gasteiger partial charge in [-0.2, -0.15) is 0 Å². The first-order chi connectivity index (χ1) is 19.5. The number of carbonyl (C=O) groups excluding carboxylic acids is 2. The third-order valence-electron chi connectivity index (χ3n) is 6.58. The van der Waals surface area contributed by atoms with E-state index in [1.54, 1.807) is 55.5 Å². The van der Waals surface area contributed by atoms with E-state index in [1.807, 2.05) is 20.8 Å². The van der Waals surface area contributed by atoms with Crippen LogP contribution >= 0.6 is 23.2 Å². The normalized spacial score (nSPS) is 12.7. The van der Waals surface area contributed by atoms with Crippen LogP contribution in [0.3, 0.4) is 0 Å². The molecule has 3 aromatic carbocycles. The highest BCUT2D eigenvalue weighted by molar-refractivity contribution is 7.92. The lowest BCUT2D eigenvalue weighted by Crippen LogP contribution is -2.52. The van der Waals surface area contributed by atoms with Crippen LogP contribution in [0.15, 0.2) is 77.7 Å². The Morgan fingerprint density at radius 1 is 0.927 bits per heavy atom. The van der Waals surface area contributed by atoms with Crippen LogP contribution in [0.4, 0.5) is 5.69 Å². The Labute approximate surface area is 252 Å². The molecule has 220 valence electrons. The average Bonchev–Trinajstić information content (AvgIpc) is 2.95. The molecule has 0 fully saturated rings. The van der Waals surface area contributed by atoms with Crippen molar-refractivity contribution in [3.05, 3.63) is 88.4 Å². The molecule has 0 heterocycles. The first kappa shape index (κ1) is 32.2. The van der Waals surface area contributed by atoms with Crippen LogP contribution in [0.5, 0.6) is 5.75 Å². The lowest BCUT2D eigenvalue weighted by atomic mass is 10.1. The van der Waals surface area contributed by atoms with Crippen molar-refractivity contribution in [3.63, 3.8) is 0 Å². The number of carbonyl (C=O) groups is 2. The summed E-state index contributed by atoms with van der Waals surface area (Å²) in [6, 6.07) is 18.1. The second-order valence-corrected chi connectivity index (χ2v) is 12.2. The summed E-state index contributed by atoms with van der Waals surface area (Å²) in [5, 5.41) is 3.71. The topological polar surface area (TPSA) is 96.0 Å². The summed E-state index contributed by atoms with van der Waals surface area (Å²) in [6.45, 7) is 7.15. The zero-order chi connectivity index (χ0) is 30.2. The highest BCUT2D eigenvalue weighted by Crippen LogP contribution is 2.28. The number of sulfonamides is 1. The van der Waals surface area contributed by atoms with Crippen molar-refractivity contribution in [1.82, 2.24) is 10.2 Å². The third-order valence-corrected chi connectivity index (χ3v) is 8.99. The maximum absolute atomic E-state index is 14.0. The SMILES string of the molecule is CCOc1ccc(N(CC(=O)N(Cc2ccccc2Cl)[C@@H](C)C(=O)N[C@@H](C)CC)S(=O)(=O)c2ccc(Cl)cc2)cc1. The van der Waals surface area contributed by atoms with Gasteiger partial charge in [0.15, 0.2) is 0 Å². The van der Waals surface area contributed by atoms with Crippen molar-refractivity contribution in [3.8, 4) is 5.75 Å². The van der Waals surface area contributed by atoms with Crippen molar-refractivity contribution < 1.29 is 22.7 Å². The molecule has 0 bridgehead atoms. The van der Waals surface area contributed by atoms with E-state index >= 15 is 0 Å². The zero-order valence-electron chi connectivity index (χ0n) is 23.5. The van der Waals surface area contributed by atoms with Gasteiger partial charge in [-0.25, -0.2) is 8.42 Å². The van der Waals surface area contributed by atoms with E-state index < -0.39 is 28.5 Å². The molecule has 3 rings (SSSR count). The molecule has 2 amide bonds.